The molecule has 13 heteroatoms. The molecule has 2 aromatic heterocycles. The normalized spacial score (nSPS) is 32.1. The van der Waals surface area contributed by atoms with E-state index in [1.54, 1.807) is 6.92 Å². The summed E-state index contributed by atoms with van der Waals surface area (Å²) in [6.07, 6.45) is -0.382. The van der Waals surface area contributed by atoms with Crippen molar-refractivity contribution in [1.29, 1.82) is 0 Å². The van der Waals surface area contributed by atoms with Crippen molar-refractivity contribution in [3.05, 3.63) is 16.7 Å². The molecule has 0 amide bonds. The topological polar surface area (TPSA) is 192 Å². The first-order valence-corrected chi connectivity index (χ1v) is 9.01. The molecule has 0 aliphatic carbocycles. The van der Waals surface area contributed by atoms with Gasteiger partial charge in [0.1, 0.15) is 5.60 Å². The largest absolute Gasteiger partial charge is 0.400 e. The highest BCUT2D eigenvalue weighted by Crippen LogP contribution is 2.44. The van der Waals surface area contributed by atoms with Gasteiger partial charge in [-0.05, 0) is 6.92 Å². The molecule has 1 fully saturated rings. The van der Waals surface area contributed by atoms with Crippen LogP contribution in [0.25, 0.3) is 11.2 Å². The SMILES string of the molecule is CC1C(COP(N)(=O)O)OC(n2cnc3c(=O)[nH]c(N)nc32)C1(C)O. The number of imidazole rings is 1. The van der Waals surface area contributed by atoms with Crippen molar-refractivity contribution >= 4 is 24.9 Å². The van der Waals surface area contributed by atoms with Crippen molar-refractivity contribution in [2.24, 2.45) is 11.4 Å². The number of nitrogens with two attached hydrogens (primary N) is 2. The van der Waals surface area contributed by atoms with E-state index in [1.165, 1.54) is 17.8 Å². The Kier molecular flexibility index (Phi) is 4.22. The second-order valence-corrected chi connectivity index (χ2v) is 7.56. The third-order valence-electron chi connectivity index (χ3n) is 4.41. The van der Waals surface area contributed by atoms with Gasteiger partial charge in [-0.2, -0.15) is 4.98 Å². The molecule has 0 saturated carbocycles. The van der Waals surface area contributed by atoms with Crippen LogP contribution in [-0.2, 0) is 13.8 Å². The highest BCUT2D eigenvalue weighted by molar-refractivity contribution is 7.50. The smallest absolute Gasteiger partial charge is 0.385 e. The average Bonchev–Trinajstić information content (AvgIpc) is 2.97. The number of nitrogens with one attached hydrogen (secondary N) is 1. The number of rotatable bonds is 4. The summed E-state index contributed by atoms with van der Waals surface area (Å²) in [5.41, 5.74) is 8.79. The van der Waals surface area contributed by atoms with Crippen LogP contribution in [-0.4, -0.2) is 47.8 Å². The Bertz CT molecular complexity index is 903. The van der Waals surface area contributed by atoms with Gasteiger partial charge in [-0.15, -0.1) is 0 Å². The fourth-order valence-electron chi connectivity index (χ4n) is 2.85. The number of nitrogens with zero attached hydrogens (tertiary/aromatic N) is 3. The molecule has 5 atom stereocenters. The molecular weight excluding hydrogens is 355 g/mol. The van der Waals surface area contributed by atoms with E-state index in [2.05, 4.69) is 15.0 Å². The lowest BCUT2D eigenvalue weighted by Gasteiger charge is -2.28. The van der Waals surface area contributed by atoms with E-state index in [4.69, 9.17) is 25.4 Å². The van der Waals surface area contributed by atoms with Crippen LogP contribution in [0.3, 0.4) is 0 Å². The van der Waals surface area contributed by atoms with E-state index in [0.29, 0.717) is 0 Å². The van der Waals surface area contributed by atoms with Crippen LogP contribution in [0, 0.1) is 5.92 Å². The number of anilines is 1. The van der Waals surface area contributed by atoms with Crippen molar-refractivity contribution in [3.8, 4) is 0 Å². The molecule has 25 heavy (non-hydrogen) atoms. The Morgan fingerprint density at radius 3 is 2.92 bits per heavy atom. The monoisotopic (exact) mass is 374 g/mol. The van der Waals surface area contributed by atoms with Crippen LogP contribution >= 0.6 is 7.75 Å². The van der Waals surface area contributed by atoms with E-state index in [1.807, 2.05) is 0 Å². The lowest BCUT2D eigenvalue weighted by Crippen LogP contribution is -2.38. The molecule has 7 N–H and O–H groups in total. The summed E-state index contributed by atoms with van der Waals surface area (Å²) >= 11 is 0. The van der Waals surface area contributed by atoms with Gasteiger partial charge in [0.2, 0.25) is 5.95 Å². The maximum Gasteiger partial charge on any atom is 0.400 e. The first-order chi connectivity index (χ1) is 11.5. The lowest BCUT2D eigenvalue weighted by molar-refractivity contribution is -0.0868. The molecule has 1 saturated heterocycles. The van der Waals surface area contributed by atoms with Gasteiger partial charge in [0.05, 0.1) is 19.0 Å². The molecule has 0 aromatic carbocycles. The van der Waals surface area contributed by atoms with E-state index >= 15 is 0 Å². The summed E-state index contributed by atoms with van der Waals surface area (Å²) in [7, 11) is -4.17. The Balaban J connectivity index is 1.97. The van der Waals surface area contributed by atoms with Gasteiger partial charge in [0.25, 0.3) is 5.56 Å². The zero-order chi connectivity index (χ0) is 18.6. The van der Waals surface area contributed by atoms with Gasteiger partial charge in [0, 0.05) is 5.92 Å². The summed E-state index contributed by atoms with van der Waals surface area (Å²) in [6, 6.07) is 0. The van der Waals surface area contributed by atoms with Gasteiger partial charge >= 0.3 is 7.75 Å². The molecule has 5 unspecified atom stereocenters. The average molecular weight is 374 g/mol. The number of aromatic nitrogens is 4. The summed E-state index contributed by atoms with van der Waals surface area (Å²) in [5.74, 6) is -0.588. The highest BCUT2D eigenvalue weighted by atomic mass is 31.2. The van der Waals surface area contributed by atoms with Crippen LogP contribution < -0.4 is 16.8 Å². The summed E-state index contributed by atoms with van der Waals surface area (Å²) < 4.78 is 23.0. The number of ether oxygens (including phenoxy) is 1. The highest BCUT2D eigenvalue weighted by Gasteiger charge is 2.52. The molecule has 0 radical (unpaired) electrons. The van der Waals surface area contributed by atoms with Gasteiger partial charge in [-0.25, -0.2) is 15.1 Å². The Morgan fingerprint density at radius 2 is 2.28 bits per heavy atom. The first-order valence-electron chi connectivity index (χ1n) is 7.37. The fraction of sp³-hybridized carbons (Fsp3) is 0.583. The molecule has 3 rings (SSSR count). The maximum absolute atomic E-state index is 11.9. The lowest BCUT2D eigenvalue weighted by atomic mass is 9.88. The predicted octanol–water partition coefficient (Wildman–Crippen LogP) is -0.938. The van der Waals surface area contributed by atoms with E-state index < -0.39 is 37.2 Å². The second kappa shape index (κ2) is 5.87. The van der Waals surface area contributed by atoms with Crippen molar-refractivity contribution in [3.63, 3.8) is 0 Å². The molecule has 138 valence electrons. The zero-order valence-corrected chi connectivity index (χ0v) is 14.4. The number of hydrogen-bond acceptors (Lipinski definition) is 8. The van der Waals surface area contributed by atoms with Crippen molar-refractivity contribution in [2.45, 2.75) is 31.8 Å². The number of aromatic amines is 1. The van der Waals surface area contributed by atoms with Crippen LogP contribution in [0.5, 0.6) is 0 Å². The number of fused-ring (bicyclic) bond motifs is 1. The quantitative estimate of drug-likeness (QED) is 0.417. The number of nitrogen functional groups attached to an aromatic ring is 1. The number of H-pyrrole nitrogens is 1. The number of aliphatic hydroxyl groups is 1. The van der Waals surface area contributed by atoms with Crippen LogP contribution in [0.2, 0.25) is 0 Å². The minimum atomic E-state index is -4.17. The molecule has 0 spiro atoms. The molecule has 1 aliphatic rings. The third-order valence-corrected chi connectivity index (χ3v) is 4.93. The van der Waals surface area contributed by atoms with Crippen LogP contribution in [0.15, 0.2) is 11.1 Å². The minimum Gasteiger partial charge on any atom is -0.385 e. The summed E-state index contributed by atoms with van der Waals surface area (Å²) in [4.78, 5) is 31.3. The van der Waals surface area contributed by atoms with Gasteiger partial charge in [0.15, 0.2) is 17.4 Å². The summed E-state index contributed by atoms with van der Waals surface area (Å²) in [6.45, 7) is 2.94. The fourth-order valence-corrected chi connectivity index (χ4v) is 3.21. The Labute approximate surface area is 141 Å². The van der Waals surface area contributed by atoms with Crippen LogP contribution in [0.4, 0.5) is 5.95 Å². The van der Waals surface area contributed by atoms with Crippen molar-refractivity contribution in [2.75, 3.05) is 12.3 Å². The van der Waals surface area contributed by atoms with E-state index in [-0.39, 0.29) is 23.7 Å². The van der Waals surface area contributed by atoms with Gasteiger partial charge < -0.3 is 20.5 Å². The molecule has 2 aromatic rings. The molecular formula is C12H19N6O6P. The van der Waals surface area contributed by atoms with Gasteiger partial charge in [-0.3, -0.25) is 18.9 Å². The Morgan fingerprint density at radius 1 is 1.60 bits per heavy atom. The Hall–Kier alpha value is -1.82. The standard InChI is InChI=1S/C12H19N6O6P/c1-5-6(3-23-25(14,21)22)24-10(12(5,2)20)18-4-15-7-8(18)16-11(13)17-9(7)19/h4-6,10,20H,3H2,1-2H3,(H3,14,21,22)(H3,13,16,17,19). The molecule has 3 heterocycles. The third kappa shape index (κ3) is 3.19. The predicted molar refractivity (Wildman–Crippen MR) is 86.2 cm³/mol. The molecule has 0 bridgehead atoms. The zero-order valence-electron chi connectivity index (χ0n) is 13.5. The molecule has 12 nitrogen and oxygen atoms in total. The van der Waals surface area contributed by atoms with Crippen LogP contribution in [0.1, 0.15) is 20.1 Å². The summed E-state index contributed by atoms with van der Waals surface area (Å²) in [5, 5.41) is 10.9. The van der Waals surface area contributed by atoms with Gasteiger partial charge in [-0.1, -0.05) is 6.92 Å². The van der Waals surface area contributed by atoms with Crippen molar-refractivity contribution in [1.82, 2.24) is 19.5 Å². The molecule has 1 aliphatic heterocycles. The number of hydrogen-bond donors (Lipinski definition) is 5. The maximum atomic E-state index is 11.9. The van der Waals surface area contributed by atoms with Crippen molar-refractivity contribution < 1.29 is 23.8 Å². The van der Waals surface area contributed by atoms with E-state index in [9.17, 15) is 14.5 Å². The minimum absolute atomic E-state index is 0.0442. The van der Waals surface area contributed by atoms with E-state index in [0.717, 1.165) is 0 Å². The second-order valence-electron chi connectivity index (χ2n) is 6.18. The first kappa shape index (κ1) is 18.0.